The highest BCUT2D eigenvalue weighted by atomic mass is 35.5. The van der Waals surface area contributed by atoms with E-state index in [4.69, 9.17) is 23.2 Å². The molecule has 0 spiro atoms. The lowest BCUT2D eigenvalue weighted by molar-refractivity contribution is 0.992. The Morgan fingerprint density at radius 2 is 1.21 bits per heavy atom. The summed E-state index contributed by atoms with van der Waals surface area (Å²) in [6, 6.07) is 18.4. The standard InChI is InChI=1S/C21H20Cl2Si/c1-3-24(2,20-16-10-6-4-8-14(16)12-18(20)22)21-17-11-7-5-9-15(17)13-19(21)23/h4-13,20-21H,3H2,1-2H3. The van der Waals surface area contributed by atoms with Crippen LogP contribution in [0.1, 0.15) is 40.3 Å². The Bertz CT molecular complexity index is 798. The molecule has 0 nitrogen and oxygen atoms in total. The van der Waals surface area contributed by atoms with Gasteiger partial charge in [0.2, 0.25) is 0 Å². The summed E-state index contributed by atoms with van der Waals surface area (Å²) >= 11 is 13.6. The van der Waals surface area contributed by atoms with E-state index >= 15 is 0 Å². The van der Waals surface area contributed by atoms with Crippen molar-refractivity contribution in [2.24, 2.45) is 0 Å². The molecule has 24 heavy (non-hydrogen) atoms. The molecule has 0 saturated heterocycles. The van der Waals surface area contributed by atoms with E-state index < -0.39 is 8.07 Å². The molecule has 0 amide bonds. The second-order valence-corrected chi connectivity index (χ2v) is 12.8. The van der Waals surface area contributed by atoms with Gasteiger partial charge in [-0.3, -0.25) is 0 Å². The van der Waals surface area contributed by atoms with Crippen LogP contribution in [0.3, 0.4) is 0 Å². The Morgan fingerprint density at radius 1 is 0.792 bits per heavy atom. The summed E-state index contributed by atoms with van der Waals surface area (Å²) in [4.78, 5) is 0. The second-order valence-electron chi connectivity index (χ2n) is 7.04. The first-order valence-electron chi connectivity index (χ1n) is 8.48. The Balaban J connectivity index is 1.87. The van der Waals surface area contributed by atoms with Gasteiger partial charge >= 0.3 is 0 Å². The number of allylic oxidation sites excluding steroid dienone is 2. The molecule has 2 aromatic rings. The van der Waals surface area contributed by atoms with E-state index in [1.165, 1.54) is 22.3 Å². The summed E-state index contributed by atoms with van der Waals surface area (Å²) in [5, 5.41) is 1.97. The van der Waals surface area contributed by atoms with E-state index in [0.717, 1.165) is 16.1 Å². The molecule has 0 aliphatic heterocycles. The van der Waals surface area contributed by atoms with Crippen molar-refractivity contribution in [1.82, 2.24) is 0 Å². The third-order valence-electron chi connectivity index (χ3n) is 5.83. The lowest BCUT2D eigenvalue weighted by Gasteiger charge is -2.40. The van der Waals surface area contributed by atoms with Gasteiger partial charge in [0.1, 0.15) is 0 Å². The summed E-state index contributed by atoms with van der Waals surface area (Å²) in [6.45, 7) is 4.78. The molecule has 122 valence electrons. The smallest absolute Gasteiger partial charge is 0.0780 e. The summed E-state index contributed by atoms with van der Waals surface area (Å²) in [5.41, 5.74) is 5.94. The highest BCUT2D eigenvalue weighted by molar-refractivity contribution is 6.84. The van der Waals surface area contributed by atoms with Crippen LogP contribution >= 0.6 is 23.2 Å². The molecule has 2 atom stereocenters. The second kappa shape index (κ2) is 5.91. The van der Waals surface area contributed by atoms with Crippen LogP contribution in [0, 0.1) is 0 Å². The van der Waals surface area contributed by atoms with Crippen molar-refractivity contribution in [3.05, 3.63) is 80.8 Å². The average molecular weight is 371 g/mol. The Hall–Kier alpha value is -1.28. The zero-order valence-corrected chi connectivity index (χ0v) is 16.4. The first-order chi connectivity index (χ1) is 11.6. The molecule has 2 aromatic carbocycles. The first kappa shape index (κ1) is 16.2. The van der Waals surface area contributed by atoms with Crippen molar-refractivity contribution in [3.63, 3.8) is 0 Å². The van der Waals surface area contributed by atoms with Gasteiger partial charge in [0.25, 0.3) is 0 Å². The van der Waals surface area contributed by atoms with Crippen molar-refractivity contribution in [1.29, 1.82) is 0 Å². The monoisotopic (exact) mass is 370 g/mol. The lowest BCUT2D eigenvalue weighted by atomic mass is 10.1. The number of benzene rings is 2. The molecule has 0 N–H and O–H groups in total. The van der Waals surface area contributed by atoms with E-state index in [0.29, 0.717) is 11.1 Å². The topological polar surface area (TPSA) is 0 Å². The van der Waals surface area contributed by atoms with Gasteiger partial charge in [0.05, 0.1) is 8.07 Å². The van der Waals surface area contributed by atoms with Gasteiger partial charge in [-0.1, -0.05) is 91.2 Å². The zero-order valence-electron chi connectivity index (χ0n) is 13.9. The molecule has 0 aromatic heterocycles. The summed E-state index contributed by atoms with van der Waals surface area (Å²) in [7, 11) is -1.89. The molecule has 0 bridgehead atoms. The van der Waals surface area contributed by atoms with Crippen LogP contribution in [-0.2, 0) is 0 Å². The predicted octanol–water partition coefficient (Wildman–Crippen LogP) is 6.92. The molecule has 0 heterocycles. The van der Waals surface area contributed by atoms with E-state index in [9.17, 15) is 0 Å². The van der Waals surface area contributed by atoms with Gasteiger partial charge in [-0.2, -0.15) is 0 Å². The molecule has 2 aliphatic rings. The number of fused-ring (bicyclic) bond motifs is 2. The van der Waals surface area contributed by atoms with E-state index in [2.05, 4.69) is 74.2 Å². The van der Waals surface area contributed by atoms with Gasteiger partial charge < -0.3 is 0 Å². The van der Waals surface area contributed by atoms with Crippen LogP contribution in [0.2, 0.25) is 12.6 Å². The molecular weight excluding hydrogens is 351 g/mol. The fourth-order valence-corrected chi connectivity index (χ4v) is 11.0. The minimum Gasteiger partial charge on any atom is -0.0888 e. The highest BCUT2D eigenvalue weighted by Crippen LogP contribution is 2.55. The quantitative estimate of drug-likeness (QED) is 0.514. The Labute approximate surface area is 154 Å². The van der Waals surface area contributed by atoms with Crippen LogP contribution in [0.15, 0.2) is 58.6 Å². The normalized spacial score (nSPS) is 24.0. The SMILES string of the molecule is CC[Si](C)(C1C(Cl)=Cc2ccccc21)C1C(Cl)=Cc2ccccc21. The minimum atomic E-state index is -1.89. The van der Waals surface area contributed by atoms with E-state index in [-0.39, 0.29) is 0 Å². The summed E-state index contributed by atoms with van der Waals surface area (Å²) in [5.74, 6) is 0. The molecule has 0 radical (unpaired) electrons. The van der Waals surface area contributed by atoms with E-state index in [1.54, 1.807) is 0 Å². The Morgan fingerprint density at radius 3 is 1.62 bits per heavy atom. The van der Waals surface area contributed by atoms with Gasteiger partial charge in [0, 0.05) is 21.1 Å². The third kappa shape index (κ3) is 2.26. The van der Waals surface area contributed by atoms with Crippen molar-refractivity contribution in [2.75, 3.05) is 0 Å². The van der Waals surface area contributed by atoms with E-state index in [1.807, 2.05) is 0 Å². The first-order valence-corrected chi connectivity index (χ1v) is 12.1. The number of hydrogen-bond acceptors (Lipinski definition) is 0. The molecule has 0 fully saturated rings. The van der Waals surface area contributed by atoms with Crippen molar-refractivity contribution >= 4 is 43.4 Å². The maximum atomic E-state index is 6.79. The minimum absolute atomic E-state index is 0.318. The highest BCUT2D eigenvalue weighted by Gasteiger charge is 2.49. The number of halogens is 2. The van der Waals surface area contributed by atoms with Crippen molar-refractivity contribution in [3.8, 4) is 0 Å². The van der Waals surface area contributed by atoms with Crippen LogP contribution in [0.5, 0.6) is 0 Å². The summed E-state index contributed by atoms with van der Waals surface area (Å²) < 4.78 is 0. The largest absolute Gasteiger partial charge is 0.0888 e. The van der Waals surface area contributed by atoms with Gasteiger partial charge in [-0.15, -0.1) is 0 Å². The Kier molecular flexibility index (Phi) is 3.99. The predicted molar refractivity (Wildman–Crippen MR) is 108 cm³/mol. The number of hydrogen-bond donors (Lipinski definition) is 0. The van der Waals surface area contributed by atoms with Crippen molar-refractivity contribution in [2.45, 2.75) is 30.6 Å². The van der Waals surface area contributed by atoms with Gasteiger partial charge in [-0.05, 0) is 34.4 Å². The lowest BCUT2D eigenvalue weighted by Crippen LogP contribution is -2.44. The van der Waals surface area contributed by atoms with Gasteiger partial charge in [-0.25, -0.2) is 0 Å². The average Bonchev–Trinajstić information content (AvgIpc) is 3.10. The van der Waals surface area contributed by atoms with Gasteiger partial charge in [0.15, 0.2) is 0 Å². The maximum absolute atomic E-state index is 6.79. The number of rotatable bonds is 3. The fraction of sp³-hybridized carbons (Fsp3) is 0.238. The zero-order chi connectivity index (χ0) is 16.9. The third-order valence-corrected chi connectivity index (χ3v) is 12.3. The molecule has 0 saturated carbocycles. The van der Waals surface area contributed by atoms with Crippen LogP contribution in [-0.4, -0.2) is 8.07 Å². The fourth-order valence-electron chi connectivity index (χ4n) is 4.49. The maximum Gasteiger partial charge on any atom is 0.0780 e. The molecule has 2 aliphatic carbocycles. The summed E-state index contributed by atoms with van der Waals surface area (Å²) in [6.07, 6.45) is 4.31. The van der Waals surface area contributed by atoms with Crippen LogP contribution in [0.4, 0.5) is 0 Å². The molecule has 3 heteroatoms. The van der Waals surface area contributed by atoms with Crippen molar-refractivity contribution < 1.29 is 0 Å². The van der Waals surface area contributed by atoms with Crippen LogP contribution in [0.25, 0.3) is 12.2 Å². The molecule has 4 rings (SSSR count). The molecular formula is C21H20Cl2Si. The molecule has 2 unspecified atom stereocenters. The van der Waals surface area contributed by atoms with Crippen LogP contribution < -0.4 is 0 Å².